The molecular weight excluding hydrogens is 244 g/mol. The maximum absolute atomic E-state index is 8.76. The van der Waals surface area contributed by atoms with Gasteiger partial charge in [-0.3, -0.25) is 0 Å². The summed E-state index contributed by atoms with van der Waals surface area (Å²) >= 11 is 5.87. The van der Waals surface area contributed by atoms with Gasteiger partial charge in [0, 0.05) is 10.9 Å². The monoisotopic (exact) mass is 258 g/mol. The summed E-state index contributed by atoms with van der Waals surface area (Å²) in [6, 6.07) is 16.1. The normalized spacial score (nSPS) is 12.8. The van der Waals surface area contributed by atoms with Gasteiger partial charge in [-0.15, -0.1) is 0 Å². The van der Waals surface area contributed by atoms with Crippen molar-refractivity contribution in [1.29, 1.82) is 0 Å². The highest BCUT2D eigenvalue weighted by atomic mass is 35.5. The van der Waals surface area contributed by atoms with E-state index in [1.165, 1.54) is 5.56 Å². The highest BCUT2D eigenvalue weighted by Gasteiger charge is 2.02. The first-order chi connectivity index (χ1) is 8.70. The minimum Gasteiger partial charge on any atom is -0.516 e. The number of benzene rings is 2. The Labute approximate surface area is 112 Å². The quantitative estimate of drug-likeness (QED) is 0.752. The molecule has 1 nitrogen and oxygen atoms in total. The Morgan fingerprint density at radius 3 is 1.94 bits per heavy atom. The molecule has 0 fully saturated rings. The Hall–Kier alpha value is -1.73. The van der Waals surface area contributed by atoms with Crippen molar-refractivity contribution >= 4 is 11.6 Å². The number of aliphatic hydroxyl groups excluding tert-OH is 1. The van der Waals surface area contributed by atoms with Gasteiger partial charge in [-0.25, -0.2) is 0 Å². The summed E-state index contributed by atoms with van der Waals surface area (Å²) in [4.78, 5) is 0. The van der Waals surface area contributed by atoms with Crippen LogP contribution in [-0.4, -0.2) is 5.11 Å². The van der Waals surface area contributed by atoms with Crippen molar-refractivity contribution in [2.75, 3.05) is 0 Å². The smallest absolute Gasteiger partial charge is 0.0757 e. The summed E-state index contributed by atoms with van der Waals surface area (Å²) in [5, 5.41) is 9.51. The van der Waals surface area contributed by atoms with Crippen molar-refractivity contribution in [3.8, 4) is 11.1 Å². The Balaban J connectivity index is 2.24. The first kappa shape index (κ1) is 12.7. The van der Waals surface area contributed by atoms with Crippen LogP contribution in [0.3, 0.4) is 0 Å². The van der Waals surface area contributed by atoms with Crippen LogP contribution in [0.5, 0.6) is 0 Å². The molecule has 0 saturated heterocycles. The van der Waals surface area contributed by atoms with Crippen LogP contribution in [0.4, 0.5) is 0 Å². The predicted octanol–water partition coefficient (Wildman–Crippen LogP) is 5.18. The van der Waals surface area contributed by atoms with E-state index in [4.69, 9.17) is 16.7 Å². The van der Waals surface area contributed by atoms with Crippen molar-refractivity contribution in [3.63, 3.8) is 0 Å². The van der Waals surface area contributed by atoms with Crippen molar-refractivity contribution in [1.82, 2.24) is 0 Å². The van der Waals surface area contributed by atoms with Crippen LogP contribution in [0.25, 0.3) is 11.1 Å². The highest BCUT2D eigenvalue weighted by Crippen LogP contribution is 2.24. The third-order valence-corrected chi connectivity index (χ3v) is 3.24. The molecule has 0 aliphatic carbocycles. The maximum Gasteiger partial charge on any atom is 0.0757 e. The molecule has 0 bridgehead atoms. The van der Waals surface area contributed by atoms with Crippen molar-refractivity contribution in [2.45, 2.75) is 12.8 Å². The van der Waals surface area contributed by atoms with E-state index in [1.807, 2.05) is 31.2 Å². The second-order valence-corrected chi connectivity index (χ2v) is 4.70. The lowest BCUT2D eigenvalue weighted by Crippen LogP contribution is -1.88. The Kier molecular flexibility index (Phi) is 4.06. The minimum atomic E-state index is 0.217. The molecule has 0 heterocycles. The fraction of sp³-hybridized carbons (Fsp3) is 0.125. The van der Waals surface area contributed by atoms with Gasteiger partial charge in [-0.1, -0.05) is 54.9 Å². The van der Waals surface area contributed by atoms with E-state index in [0.717, 1.165) is 22.4 Å². The molecule has 0 saturated carbocycles. The van der Waals surface area contributed by atoms with Gasteiger partial charge >= 0.3 is 0 Å². The number of rotatable bonds is 3. The molecule has 0 aromatic heterocycles. The number of hydrogen-bond donors (Lipinski definition) is 1. The van der Waals surface area contributed by atoms with Gasteiger partial charge < -0.3 is 5.11 Å². The molecule has 18 heavy (non-hydrogen) atoms. The topological polar surface area (TPSA) is 20.2 Å². The molecule has 2 heteroatoms. The van der Waals surface area contributed by atoms with E-state index in [9.17, 15) is 0 Å². The molecule has 2 rings (SSSR count). The third-order valence-electron chi connectivity index (χ3n) is 2.99. The summed E-state index contributed by atoms with van der Waals surface area (Å²) in [7, 11) is 0. The molecule has 1 atom stereocenters. The van der Waals surface area contributed by atoms with E-state index in [0.29, 0.717) is 0 Å². The van der Waals surface area contributed by atoms with E-state index in [1.54, 1.807) is 6.08 Å². The minimum absolute atomic E-state index is 0.217. The summed E-state index contributed by atoms with van der Waals surface area (Å²) in [5.74, 6) is 0.217. The van der Waals surface area contributed by atoms with Crippen LogP contribution < -0.4 is 0 Å². The summed E-state index contributed by atoms with van der Waals surface area (Å²) in [6.45, 7) is 2.05. The maximum atomic E-state index is 8.76. The number of halogens is 1. The molecular formula is C16H15ClO. The molecule has 0 spiro atoms. The van der Waals surface area contributed by atoms with Crippen molar-refractivity contribution in [3.05, 3.63) is 71.5 Å². The summed E-state index contributed by atoms with van der Waals surface area (Å²) in [5.41, 5.74) is 3.49. The van der Waals surface area contributed by atoms with E-state index in [-0.39, 0.29) is 5.92 Å². The highest BCUT2D eigenvalue weighted by molar-refractivity contribution is 6.30. The molecule has 0 radical (unpaired) electrons. The fourth-order valence-electron chi connectivity index (χ4n) is 1.86. The second-order valence-electron chi connectivity index (χ2n) is 4.26. The first-order valence-electron chi connectivity index (χ1n) is 5.87. The van der Waals surface area contributed by atoms with Gasteiger partial charge in [0.1, 0.15) is 0 Å². The van der Waals surface area contributed by atoms with Gasteiger partial charge in [-0.05, 0) is 34.9 Å². The molecule has 2 aromatic carbocycles. The standard InChI is InChI=1S/C16H15ClO/c1-12(10-11-18)13-2-4-14(5-3-13)15-6-8-16(17)9-7-15/h2-12,18H,1H3/b11-10+. The molecule has 0 aliphatic rings. The van der Waals surface area contributed by atoms with Crippen LogP contribution in [0.1, 0.15) is 18.4 Å². The van der Waals surface area contributed by atoms with E-state index in [2.05, 4.69) is 24.3 Å². The van der Waals surface area contributed by atoms with Gasteiger partial charge in [0.2, 0.25) is 0 Å². The second kappa shape index (κ2) is 5.74. The van der Waals surface area contributed by atoms with Gasteiger partial charge in [-0.2, -0.15) is 0 Å². The lowest BCUT2D eigenvalue weighted by molar-refractivity contribution is 0.469. The SMILES string of the molecule is CC(/C=C/O)c1ccc(-c2ccc(Cl)cc2)cc1. The largest absolute Gasteiger partial charge is 0.516 e. The van der Waals surface area contributed by atoms with Crippen LogP contribution in [0.2, 0.25) is 5.02 Å². The van der Waals surface area contributed by atoms with Crippen molar-refractivity contribution < 1.29 is 5.11 Å². The van der Waals surface area contributed by atoms with E-state index < -0.39 is 0 Å². The predicted molar refractivity (Wildman–Crippen MR) is 77.1 cm³/mol. The van der Waals surface area contributed by atoms with Gasteiger partial charge in [0.15, 0.2) is 0 Å². The average molecular weight is 259 g/mol. The van der Waals surface area contributed by atoms with Gasteiger partial charge in [0.25, 0.3) is 0 Å². The number of aliphatic hydroxyl groups is 1. The third kappa shape index (κ3) is 2.93. The zero-order valence-electron chi connectivity index (χ0n) is 10.2. The molecule has 0 amide bonds. The summed E-state index contributed by atoms with van der Waals surface area (Å²) < 4.78 is 0. The van der Waals surface area contributed by atoms with Crippen LogP contribution in [-0.2, 0) is 0 Å². The Morgan fingerprint density at radius 2 is 1.44 bits per heavy atom. The average Bonchev–Trinajstić information content (AvgIpc) is 2.40. The van der Waals surface area contributed by atoms with Crippen molar-refractivity contribution in [2.24, 2.45) is 0 Å². The molecule has 1 N–H and O–H groups in total. The Morgan fingerprint density at radius 1 is 0.944 bits per heavy atom. The van der Waals surface area contributed by atoms with E-state index >= 15 is 0 Å². The number of allylic oxidation sites excluding steroid dienone is 1. The molecule has 1 unspecified atom stereocenters. The number of hydrogen-bond acceptors (Lipinski definition) is 1. The zero-order valence-corrected chi connectivity index (χ0v) is 10.9. The molecule has 2 aromatic rings. The Bertz CT molecular complexity index is 526. The molecule has 92 valence electrons. The lowest BCUT2D eigenvalue weighted by Gasteiger charge is -2.08. The molecule has 0 aliphatic heterocycles. The fourth-order valence-corrected chi connectivity index (χ4v) is 1.99. The summed E-state index contributed by atoms with van der Waals surface area (Å²) in [6.07, 6.45) is 2.86. The zero-order chi connectivity index (χ0) is 13.0. The van der Waals surface area contributed by atoms with Crippen LogP contribution >= 0.6 is 11.6 Å². The van der Waals surface area contributed by atoms with Gasteiger partial charge in [0.05, 0.1) is 6.26 Å². The van der Waals surface area contributed by atoms with Crippen LogP contribution in [0, 0.1) is 0 Å². The lowest BCUT2D eigenvalue weighted by atomic mass is 9.97. The first-order valence-corrected chi connectivity index (χ1v) is 6.25. The van der Waals surface area contributed by atoms with Crippen LogP contribution in [0.15, 0.2) is 60.9 Å².